The van der Waals surface area contributed by atoms with Gasteiger partial charge in [0.05, 0.1) is 6.61 Å². The van der Waals surface area contributed by atoms with Gasteiger partial charge in [0, 0.05) is 13.0 Å². The molecule has 1 aliphatic rings. The van der Waals surface area contributed by atoms with E-state index in [2.05, 4.69) is 5.43 Å². The van der Waals surface area contributed by atoms with Crippen LogP contribution in [0.5, 0.6) is 5.75 Å². The zero-order chi connectivity index (χ0) is 17.3. The highest BCUT2D eigenvalue weighted by Crippen LogP contribution is 2.39. The SMILES string of the molecule is CCOc1ccc2ccc(C(N3CCC(=O)N3)C(F)(F)F)cc2c1. The minimum Gasteiger partial charge on any atom is -0.494 e. The van der Waals surface area contributed by atoms with E-state index in [9.17, 15) is 18.0 Å². The Hall–Kier alpha value is -2.28. The molecule has 7 heteroatoms. The van der Waals surface area contributed by atoms with Crippen molar-refractivity contribution in [1.29, 1.82) is 0 Å². The van der Waals surface area contributed by atoms with Crippen LogP contribution >= 0.6 is 0 Å². The first-order valence-electron chi connectivity index (χ1n) is 7.68. The van der Waals surface area contributed by atoms with Gasteiger partial charge in [-0.1, -0.05) is 18.2 Å². The fourth-order valence-corrected chi connectivity index (χ4v) is 2.90. The molecule has 2 aromatic carbocycles. The lowest BCUT2D eigenvalue weighted by Crippen LogP contribution is -2.43. The Kier molecular flexibility index (Phi) is 4.36. The molecule has 0 aromatic heterocycles. The topological polar surface area (TPSA) is 41.6 Å². The Bertz CT molecular complexity index is 761. The molecule has 0 spiro atoms. The predicted molar refractivity (Wildman–Crippen MR) is 83.4 cm³/mol. The standard InChI is InChI=1S/C17H17F3N2O2/c1-2-24-14-6-5-11-3-4-12(9-13(11)10-14)16(17(18,19)20)22-8-7-15(23)21-22/h3-6,9-10,16H,2,7-8H2,1H3,(H,21,23). The molecule has 2 aromatic rings. The largest absolute Gasteiger partial charge is 0.494 e. The van der Waals surface area contributed by atoms with E-state index in [4.69, 9.17) is 4.74 Å². The molecule has 3 rings (SSSR count). The van der Waals surface area contributed by atoms with Crippen molar-refractivity contribution < 1.29 is 22.7 Å². The number of halogens is 3. The van der Waals surface area contributed by atoms with Crippen molar-refractivity contribution in [3.8, 4) is 5.75 Å². The minimum absolute atomic E-state index is 0.0278. The van der Waals surface area contributed by atoms with Gasteiger partial charge in [0.25, 0.3) is 0 Å². The molecular formula is C17H17F3N2O2. The zero-order valence-corrected chi connectivity index (χ0v) is 13.1. The smallest absolute Gasteiger partial charge is 0.409 e. The van der Waals surface area contributed by atoms with Crippen LogP contribution in [0.1, 0.15) is 24.9 Å². The van der Waals surface area contributed by atoms with Crippen LogP contribution in [0.2, 0.25) is 0 Å². The fourth-order valence-electron chi connectivity index (χ4n) is 2.90. The molecule has 1 saturated heterocycles. The summed E-state index contributed by atoms with van der Waals surface area (Å²) in [6.45, 7) is 2.35. The van der Waals surface area contributed by atoms with Crippen molar-refractivity contribution in [2.75, 3.05) is 13.2 Å². The molecule has 4 nitrogen and oxygen atoms in total. The van der Waals surface area contributed by atoms with Gasteiger partial charge in [-0.15, -0.1) is 0 Å². The van der Waals surface area contributed by atoms with Crippen LogP contribution in [0.3, 0.4) is 0 Å². The van der Waals surface area contributed by atoms with E-state index in [-0.39, 0.29) is 18.5 Å². The van der Waals surface area contributed by atoms with Gasteiger partial charge >= 0.3 is 6.18 Å². The maximum Gasteiger partial charge on any atom is 0.409 e. The first-order chi connectivity index (χ1) is 11.4. The second-order valence-electron chi connectivity index (χ2n) is 5.62. The van der Waals surface area contributed by atoms with E-state index in [0.29, 0.717) is 17.7 Å². The molecule has 1 unspecified atom stereocenters. The van der Waals surface area contributed by atoms with Crippen molar-refractivity contribution in [2.45, 2.75) is 25.6 Å². The molecule has 24 heavy (non-hydrogen) atoms. The molecule has 1 N–H and O–H groups in total. The minimum atomic E-state index is -4.50. The average molecular weight is 338 g/mol. The summed E-state index contributed by atoms with van der Waals surface area (Å²) in [7, 11) is 0. The van der Waals surface area contributed by atoms with Crippen LogP contribution in [0.4, 0.5) is 13.2 Å². The summed E-state index contributed by atoms with van der Waals surface area (Å²) in [5.74, 6) is 0.212. The highest BCUT2D eigenvalue weighted by molar-refractivity contribution is 5.84. The molecular weight excluding hydrogens is 321 g/mol. The van der Waals surface area contributed by atoms with E-state index < -0.39 is 18.1 Å². The van der Waals surface area contributed by atoms with Gasteiger partial charge in [-0.05, 0) is 41.5 Å². The first kappa shape index (κ1) is 16.6. The predicted octanol–water partition coefficient (Wildman–Crippen LogP) is 3.58. The highest BCUT2D eigenvalue weighted by atomic mass is 19.4. The summed E-state index contributed by atoms with van der Waals surface area (Å²) >= 11 is 0. The number of rotatable bonds is 4. The number of alkyl halides is 3. The quantitative estimate of drug-likeness (QED) is 0.926. The Morgan fingerprint density at radius 1 is 1.21 bits per heavy atom. The summed E-state index contributed by atoms with van der Waals surface area (Å²) in [4.78, 5) is 11.3. The van der Waals surface area contributed by atoms with Gasteiger partial charge in [0.2, 0.25) is 5.91 Å². The molecule has 1 amide bonds. The number of nitrogens with one attached hydrogen (secondary N) is 1. The van der Waals surface area contributed by atoms with Crippen molar-refractivity contribution >= 4 is 16.7 Å². The molecule has 0 bridgehead atoms. The van der Waals surface area contributed by atoms with Gasteiger partial charge < -0.3 is 4.74 Å². The summed E-state index contributed by atoms with van der Waals surface area (Å²) in [5.41, 5.74) is 2.38. The molecule has 1 heterocycles. The van der Waals surface area contributed by atoms with E-state index >= 15 is 0 Å². The maximum atomic E-state index is 13.6. The van der Waals surface area contributed by atoms with Crippen molar-refractivity contribution in [3.05, 3.63) is 42.0 Å². The number of hydrogen-bond acceptors (Lipinski definition) is 3. The van der Waals surface area contributed by atoms with Gasteiger partial charge in [-0.2, -0.15) is 13.2 Å². The lowest BCUT2D eigenvalue weighted by molar-refractivity contribution is -0.191. The molecule has 1 fully saturated rings. The van der Waals surface area contributed by atoms with Crippen LogP contribution in [0.25, 0.3) is 10.8 Å². The number of carbonyl (C=O) groups is 1. The van der Waals surface area contributed by atoms with Gasteiger partial charge in [0.15, 0.2) is 0 Å². The Balaban J connectivity index is 2.02. The monoisotopic (exact) mass is 338 g/mol. The van der Waals surface area contributed by atoms with Crippen LogP contribution in [-0.4, -0.2) is 30.2 Å². The summed E-state index contributed by atoms with van der Waals surface area (Å²) in [6, 6.07) is 8.04. The maximum absolute atomic E-state index is 13.6. The highest BCUT2D eigenvalue weighted by Gasteiger charge is 2.46. The molecule has 0 radical (unpaired) electrons. The molecule has 128 valence electrons. The van der Waals surface area contributed by atoms with Crippen molar-refractivity contribution in [3.63, 3.8) is 0 Å². The lowest BCUT2D eigenvalue weighted by atomic mass is 10.0. The van der Waals surface area contributed by atoms with E-state index in [1.54, 1.807) is 18.2 Å². The Morgan fingerprint density at radius 2 is 1.96 bits per heavy atom. The number of hydrogen-bond donors (Lipinski definition) is 1. The van der Waals surface area contributed by atoms with E-state index in [1.807, 2.05) is 13.0 Å². The lowest BCUT2D eigenvalue weighted by Gasteiger charge is -2.29. The molecule has 0 aliphatic carbocycles. The van der Waals surface area contributed by atoms with Crippen molar-refractivity contribution in [2.24, 2.45) is 0 Å². The third-order valence-corrected chi connectivity index (χ3v) is 3.93. The normalized spacial score (nSPS) is 17.1. The van der Waals surface area contributed by atoms with Crippen LogP contribution in [0, 0.1) is 0 Å². The van der Waals surface area contributed by atoms with Crippen LogP contribution < -0.4 is 10.2 Å². The number of hydrazine groups is 1. The van der Waals surface area contributed by atoms with Crippen molar-refractivity contribution in [1.82, 2.24) is 10.4 Å². The second kappa shape index (κ2) is 6.32. The third-order valence-electron chi connectivity index (χ3n) is 3.93. The summed E-state index contributed by atoms with van der Waals surface area (Å²) in [5, 5.41) is 2.45. The number of amides is 1. The summed E-state index contributed by atoms with van der Waals surface area (Å²) < 4.78 is 46.1. The number of nitrogens with zero attached hydrogens (tertiary/aromatic N) is 1. The summed E-state index contributed by atoms with van der Waals surface area (Å²) in [6.07, 6.45) is -4.43. The molecule has 1 aliphatic heterocycles. The molecule has 0 saturated carbocycles. The fraction of sp³-hybridized carbons (Fsp3) is 0.353. The average Bonchev–Trinajstić information content (AvgIpc) is 2.92. The molecule has 1 atom stereocenters. The number of ether oxygens (including phenoxy) is 1. The number of benzene rings is 2. The first-order valence-corrected chi connectivity index (χ1v) is 7.68. The Morgan fingerprint density at radius 3 is 2.58 bits per heavy atom. The van der Waals surface area contributed by atoms with E-state index in [1.165, 1.54) is 12.1 Å². The van der Waals surface area contributed by atoms with Gasteiger partial charge in [-0.3, -0.25) is 10.2 Å². The van der Waals surface area contributed by atoms with E-state index in [0.717, 1.165) is 10.4 Å². The van der Waals surface area contributed by atoms with Crippen LogP contribution in [0.15, 0.2) is 36.4 Å². The second-order valence-corrected chi connectivity index (χ2v) is 5.62. The third kappa shape index (κ3) is 3.31. The van der Waals surface area contributed by atoms with Gasteiger partial charge in [0.1, 0.15) is 11.8 Å². The number of fused-ring (bicyclic) bond motifs is 1. The van der Waals surface area contributed by atoms with Gasteiger partial charge in [-0.25, -0.2) is 5.01 Å². The number of carbonyl (C=O) groups excluding carboxylic acids is 1. The Labute approximate surface area is 137 Å². The zero-order valence-electron chi connectivity index (χ0n) is 13.1. The van der Waals surface area contributed by atoms with Crippen LogP contribution in [-0.2, 0) is 4.79 Å².